The minimum absolute atomic E-state index is 0.236. The number of carbonyl (C=O) groups excluding carboxylic acids is 2. The summed E-state index contributed by atoms with van der Waals surface area (Å²) in [4.78, 5) is 27.2. The van der Waals surface area contributed by atoms with E-state index in [0.717, 1.165) is 27.6 Å². The van der Waals surface area contributed by atoms with Gasteiger partial charge in [-0.3, -0.25) is 4.79 Å². The number of aromatic amines is 1. The summed E-state index contributed by atoms with van der Waals surface area (Å²) in [6.45, 7) is 10.4. The van der Waals surface area contributed by atoms with Gasteiger partial charge in [-0.05, 0) is 69.4 Å². The molecule has 1 aromatic carbocycles. The van der Waals surface area contributed by atoms with E-state index < -0.39 is 0 Å². The van der Waals surface area contributed by atoms with Gasteiger partial charge in [0.1, 0.15) is 5.69 Å². The van der Waals surface area contributed by atoms with Crippen LogP contribution in [0.25, 0.3) is 10.9 Å². The summed E-state index contributed by atoms with van der Waals surface area (Å²) < 4.78 is 10.2. The van der Waals surface area contributed by atoms with Crippen LogP contribution >= 0.6 is 0 Å². The monoisotopic (exact) mass is 331 g/mol. The standard InChI is InChI=1S/C19H25NO4/c1-6-23-16(21)9-8-14-17-13(5)12(4)11(3)10-15(17)20-18(14)19(22)24-7-2/h10,20H,6-9H2,1-5H3. The molecule has 5 heteroatoms. The van der Waals surface area contributed by atoms with Gasteiger partial charge < -0.3 is 14.5 Å². The molecule has 0 atom stereocenters. The third-order valence-electron chi connectivity index (χ3n) is 4.39. The number of aromatic nitrogens is 1. The van der Waals surface area contributed by atoms with E-state index in [-0.39, 0.29) is 18.4 Å². The van der Waals surface area contributed by atoms with E-state index in [1.807, 2.05) is 19.9 Å². The van der Waals surface area contributed by atoms with Crippen molar-refractivity contribution >= 4 is 22.8 Å². The molecule has 0 aliphatic heterocycles. The molecule has 5 nitrogen and oxygen atoms in total. The highest BCUT2D eigenvalue weighted by Crippen LogP contribution is 2.31. The number of benzene rings is 1. The molecule has 1 heterocycles. The van der Waals surface area contributed by atoms with Crippen molar-refractivity contribution in [3.05, 3.63) is 34.0 Å². The summed E-state index contributed by atoms with van der Waals surface area (Å²) in [5.41, 5.74) is 5.64. The third-order valence-corrected chi connectivity index (χ3v) is 4.39. The molecule has 2 aromatic rings. The summed E-state index contributed by atoms with van der Waals surface area (Å²) in [6.07, 6.45) is 0.676. The largest absolute Gasteiger partial charge is 0.466 e. The van der Waals surface area contributed by atoms with Crippen LogP contribution in [0.2, 0.25) is 0 Å². The van der Waals surface area contributed by atoms with E-state index in [2.05, 4.69) is 11.9 Å². The molecule has 130 valence electrons. The van der Waals surface area contributed by atoms with Gasteiger partial charge in [0.25, 0.3) is 0 Å². The second-order valence-electron chi connectivity index (χ2n) is 5.87. The number of carbonyl (C=O) groups is 2. The van der Waals surface area contributed by atoms with Gasteiger partial charge in [0.2, 0.25) is 0 Å². The maximum absolute atomic E-state index is 12.3. The second-order valence-corrected chi connectivity index (χ2v) is 5.87. The second kappa shape index (κ2) is 7.51. The lowest BCUT2D eigenvalue weighted by Gasteiger charge is -2.09. The van der Waals surface area contributed by atoms with Gasteiger partial charge in [-0.25, -0.2) is 4.79 Å². The molecule has 0 spiro atoms. The van der Waals surface area contributed by atoms with Crippen LogP contribution in [0.4, 0.5) is 0 Å². The zero-order valence-corrected chi connectivity index (χ0v) is 15.0. The molecule has 1 N–H and O–H groups in total. The highest BCUT2D eigenvalue weighted by atomic mass is 16.5. The molecule has 0 aliphatic carbocycles. The van der Waals surface area contributed by atoms with E-state index in [1.54, 1.807) is 13.8 Å². The fourth-order valence-corrected chi connectivity index (χ4v) is 2.99. The molecule has 1 aromatic heterocycles. The number of aryl methyl sites for hydroxylation is 3. The Morgan fingerprint density at radius 3 is 2.33 bits per heavy atom. The Morgan fingerprint density at radius 1 is 1.04 bits per heavy atom. The summed E-state index contributed by atoms with van der Waals surface area (Å²) in [6, 6.07) is 2.04. The lowest BCUT2D eigenvalue weighted by Crippen LogP contribution is -2.10. The van der Waals surface area contributed by atoms with Crippen molar-refractivity contribution in [2.24, 2.45) is 0 Å². The number of esters is 2. The van der Waals surface area contributed by atoms with E-state index >= 15 is 0 Å². The first-order valence-corrected chi connectivity index (χ1v) is 8.34. The van der Waals surface area contributed by atoms with Crippen LogP contribution in [0.1, 0.15) is 53.0 Å². The van der Waals surface area contributed by atoms with E-state index in [4.69, 9.17) is 9.47 Å². The lowest BCUT2D eigenvalue weighted by atomic mass is 9.96. The number of hydrogen-bond acceptors (Lipinski definition) is 4. The average molecular weight is 331 g/mol. The van der Waals surface area contributed by atoms with Gasteiger partial charge in [-0.1, -0.05) is 0 Å². The molecule has 0 aliphatic rings. The molecular formula is C19H25NO4. The summed E-state index contributed by atoms with van der Waals surface area (Å²) in [7, 11) is 0. The lowest BCUT2D eigenvalue weighted by molar-refractivity contribution is -0.143. The van der Waals surface area contributed by atoms with Gasteiger partial charge in [0, 0.05) is 17.3 Å². The molecule has 0 bridgehead atoms. The van der Waals surface area contributed by atoms with E-state index in [1.165, 1.54) is 5.56 Å². The van der Waals surface area contributed by atoms with Gasteiger partial charge in [0.15, 0.2) is 0 Å². The van der Waals surface area contributed by atoms with Crippen molar-refractivity contribution in [3.63, 3.8) is 0 Å². The summed E-state index contributed by atoms with van der Waals surface area (Å²) in [5.74, 6) is -0.648. The smallest absolute Gasteiger partial charge is 0.355 e. The summed E-state index contributed by atoms with van der Waals surface area (Å²) >= 11 is 0. The maximum atomic E-state index is 12.3. The minimum Gasteiger partial charge on any atom is -0.466 e. The Morgan fingerprint density at radius 2 is 1.71 bits per heavy atom. The number of fused-ring (bicyclic) bond motifs is 1. The third kappa shape index (κ3) is 3.45. The molecule has 0 fully saturated rings. The zero-order chi connectivity index (χ0) is 17.9. The van der Waals surface area contributed by atoms with Crippen LogP contribution in [0.3, 0.4) is 0 Å². The molecule has 0 radical (unpaired) electrons. The van der Waals surface area contributed by atoms with Crippen molar-refractivity contribution < 1.29 is 19.1 Å². The number of H-pyrrole nitrogens is 1. The normalized spacial score (nSPS) is 10.9. The molecule has 0 amide bonds. The van der Waals surface area contributed by atoms with Crippen molar-refractivity contribution in [2.75, 3.05) is 13.2 Å². The van der Waals surface area contributed by atoms with Crippen LogP contribution in [0, 0.1) is 20.8 Å². The van der Waals surface area contributed by atoms with Crippen LogP contribution in [-0.4, -0.2) is 30.1 Å². The summed E-state index contributed by atoms with van der Waals surface area (Å²) in [5, 5.41) is 1.01. The van der Waals surface area contributed by atoms with Crippen LogP contribution in [0.15, 0.2) is 6.07 Å². The van der Waals surface area contributed by atoms with E-state index in [9.17, 15) is 9.59 Å². The zero-order valence-electron chi connectivity index (χ0n) is 15.0. The number of nitrogens with one attached hydrogen (secondary N) is 1. The van der Waals surface area contributed by atoms with Crippen molar-refractivity contribution in [1.82, 2.24) is 4.98 Å². The van der Waals surface area contributed by atoms with Gasteiger partial charge in [-0.2, -0.15) is 0 Å². The number of rotatable bonds is 6. The fourth-order valence-electron chi connectivity index (χ4n) is 2.99. The quantitative estimate of drug-likeness (QED) is 0.818. The fraction of sp³-hybridized carbons (Fsp3) is 0.474. The predicted octanol–water partition coefficient (Wildman–Crippen LogP) is 3.77. The van der Waals surface area contributed by atoms with Crippen molar-refractivity contribution in [1.29, 1.82) is 0 Å². The Hall–Kier alpha value is -2.30. The Labute approximate surface area is 142 Å². The first kappa shape index (κ1) is 18.0. The van der Waals surface area contributed by atoms with E-state index in [0.29, 0.717) is 25.3 Å². The maximum Gasteiger partial charge on any atom is 0.355 e. The van der Waals surface area contributed by atoms with Crippen molar-refractivity contribution in [2.45, 2.75) is 47.5 Å². The molecule has 0 saturated heterocycles. The van der Waals surface area contributed by atoms with Crippen molar-refractivity contribution in [3.8, 4) is 0 Å². The highest BCUT2D eigenvalue weighted by Gasteiger charge is 2.22. The van der Waals surface area contributed by atoms with Gasteiger partial charge in [-0.15, -0.1) is 0 Å². The molecule has 2 rings (SSSR count). The average Bonchev–Trinajstić information content (AvgIpc) is 2.90. The molecule has 0 unspecified atom stereocenters. The number of ether oxygens (including phenoxy) is 2. The predicted molar refractivity (Wildman–Crippen MR) is 93.4 cm³/mol. The van der Waals surface area contributed by atoms with Crippen LogP contribution < -0.4 is 0 Å². The first-order valence-electron chi connectivity index (χ1n) is 8.34. The Balaban J connectivity index is 2.54. The van der Waals surface area contributed by atoms with Gasteiger partial charge in [0.05, 0.1) is 13.2 Å². The Kier molecular flexibility index (Phi) is 5.65. The molecule has 24 heavy (non-hydrogen) atoms. The van der Waals surface area contributed by atoms with Crippen LogP contribution in [0.5, 0.6) is 0 Å². The highest BCUT2D eigenvalue weighted by molar-refractivity contribution is 6.00. The molecule has 0 saturated carbocycles. The number of hydrogen-bond donors (Lipinski definition) is 1. The Bertz CT molecular complexity index is 774. The van der Waals surface area contributed by atoms with Gasteiger partial charge >= 0.3 is 11.9 Å². The van der Waals surface area contributed by atoms with Crippen LogP contribution in [-0.2, 0) is 20.7 Å². The minimum atomic E-state index is -0.387. The molecular weight excluding hydrogens is 306 g/mol. The first-order chi connectivity index (χ1) is 11.4. The SMILES string of the molecule is CCOC(=O)CCc1c(C(=O)OCC)[nH]c2cc(C)c(C)c(C)c12. The topological polar surface area (TPSA) is 68.4 Å².